The molecule has 0 radical (unpaired) electrons. The van der Waals surface area contributed by atoms with Crippen LogP contribution in [0, 0.1) is 5.92 Å². The predicted molar refractivity (Wildman–Crippen MR) is 78.5 cm³/mol. The molecule has 0 aromatic heterocycles. The maximum atomic E-state index is 12.1. The second kappa shape index (κ2) is 6.48. The number of halogens is 1. The summed E-state index contributed by atoms with van der Waals surface area (Å²) in [6.45, 7) is 0.755. The third kappa shape index (κ3) is 3.42. The molecule has 1 atom stereocenters. The number of benzene rings is 1. The van der Waals surface area contributed by atoms with Crippen LogP contribution in [0.5, 0.6) is 5.75 Å². The Kier molecular flexibility index (Phi) is 4.95. The van der Waals surface area contributed by atoms with Crippen molar-refractivity contribution in [3.05, 3.63) is 28.2 Å². The van der Waals surface area contributed by atoms with Gasteiger partial charge >= 0.3 is 0 Å². The standard InChI is InChI=1S/C13H16BrNO2S/c1-17-12-6-10(14)2-3-11(12)13(16)15-7-9-4-5-18-8-9/h2-3,6,9H,4-5,7-8H2,1H3,(H,15,16). The highest BCUT2D eigenvalue weighted by atomic mass is 79.9. The molecule has 0 saturated carbocycles. The summed E-state index contributed by atoms with van der Waals surface area (Å²) in [7, 11) is 1.58. The number of carbonyl (C=O) groups is 1. The molecule has 0 aliphatic carbocycles. The summed E-state index contributed by atoms with van der Waals surface area (Å²) >= 11 is 5.32. The van der Waals surface area contributed by atoms with E-state index in [9.17, 15) is 4.79 Å². The Morgan fingerprint density at radius 1 is 1.61 bits per heavy atom. The number of nitrogens with one attached hydrogen (secondary N) is 1. The van der Waals surface area contributed by atoms with Crippen molar-refractivity contribution in [3.63, 3.8) is 0 Å². The summed E-state index contributed by atoms with van der Waals surface area (Å²) in [6.07, 6.45) is 1.20. The van der Waals surface area contributed by atoms with Crippen molar-refractivity contribution < 1.29 is 9.53 Å². The Morgan fingerprint density at radius 2 is 2.44 bits per heavy atom. The topological polar surface area (TPSA) is 38.3 Å². The van der Waals surface area contributed by atoms with Crippen molar-refractivity contribution in [1.29, 1.82) is 0 Å². The van der Waals surface area contributed by atoms with Crippen molar-refractivity contribution >= 4 is 33.6 Å². The minimum atomic E-state index is -0.0590. The van der Waals surface area contributed by atoms with Gasteiger partial charge in [0.25, 0.3) is 5.91 Å². The number of carbonyl (C=O) groups excluding carboxylic acids is 1. The summed E-state index contributed by atoms with van der Waals surface area (Å²) in [6, 6.07) is 5.44. The van der Waals surface area contributed by atoms with Gasteiger partial charge < -0.3 is 10.1 Å². The summed E-state index contributed by atoms with van der Waals surface area (Å²) in [5.74, 6) is 3.51. The van der Waals surface area contributed by atoms with Gasteiger partial charge in [0.1, 0.15) is 5.75 Å². The number of thioether (sulfide) groups is 1. The first kappa shape index (κ1) is 13.7. The fourth-order valence-corrected chi connectivity index (χ4v) is 3.55. The first-order valence-corrected chi connectivity index (χ1v) is 7.85. The van der Waals surface area contributed by atoms with Crippen LogP contribution in [0.15, 0.2) is 22.7 Å². The van der Waals surface area contributed by atoms with Gasteiger partial charge in [-0.2, -0.15) is 11.8 Å². The van der Waals surface area contributed by atoms with Gasteiger partial charge in [0.15, 0.2) is 0 Å². The van der Waals surface area contributed by atoms with Crippen LogP contribution in [-0.2, 0) is 0 Å². The quantitative estimate of drug-likeness (QED) is 0.922. The second-order valence-electron chi connectivity index (χ2n) is 4.28. The first-order chi connectivity index (χ1) is 8.70. The van der Waals surface area contributed by atoms with Crippen LogP contribution in [0.4, 0.5) is 0 Å². The average Bonchev–Trinajstić information content (AvgIpc) is 2.88. The average molecular weight is 330 g/mol. The molecule has 1 aromatic rings. The molecule has 18 heavy (non-hydrogen) atoms. The predicted octanol–water partition coefficient (Wildman–Crippen LogP) is 2.94. The Labute approximate surface area is 120 Å². The smallest absolute Gasteiger partial charge is 0.255 e. The van der Waals surface area contributed by atoms with Crippen molar-refractivity contribution in [2.45, 2.75) is 6.42 Å². The molecule has 1 saturated heterocycles. The van der Waals surface area contributed by atoms with Crippen LogP contribution in [0.1, 0.15) is 16.8 Å². The molecular formula is C13H16BrNO2S. The number of hydrogen-bond donors (Lipinski definition) is 1. The zero-order valence-corrected chi connectivity index (χ0v) is 12.6. The molecule has 1 aromatic carbocycles. The molecule has 3 nitrogen and oxygen atoms in total. The summed E-state index contributed by atoms with van der Waals surface area (Å²) < 4.78 is 6.13. The van der Waals surface area contributed by atoms with Crippen LogP contribution < -0.4 is 10.1 Å². The molecule has 0 spiro atoms. The maximum Gasteiger partial charge on any atom is 0.255 e. The molecule has 1 fully saturated rings. The lowest BCUT2D eigenvalue weighted by Gasteiger charge is -2.12. The largest absolute Gasteiger partial charge is 0.496 e. The SMILES string of the molecule is COc1cc(Br)ccc1C(=O)NCC1CCSC1. The number of methoxy groups -OCH3 is 1. The van der Waals surface area contributed by atoms with E-state index in [1.165, 1.54) is 12.2 Å². The lowest BCUT2D eigenvalue weighted by atomic mass is 10.1. The number of ether oxygens (including phenoxy) is 1. The minimum absolute atomic E-state index is 0.0590. The zero-order valence-electron chi connectivity index (χ0n) is 10.2. The van der Waals surface area contributed by atoms with Crippen molar-refractivity contribution in [3.8, 4) is 5.75 Å². The third-order valence-electron chi connectivity index (χ3n) is 2.98. The van der Waals surface area contributed by atoms with Gasteiger partial charge in [-0.3, -0.25) is 4.79 Å². The normalized spacial score (nSPS) is 18.7. The molecule has 1 aliphatic heterocycles. The molecule has 1 unspecified atom stereocenters. The third-order valence-corrected chi connectivity index (χ3v) is 4.71. The van der Waals surface area contributed by atoms with E-state index in [4.69, 9.17) is 4.74 Å². The van der Waals surface area contributed by atoms with Crippen LogP contribution in [0.2, 0.25) is 0 Å². The van der Waals surface area contributed by atoms with Crippen LogP contribution in [-0.4, -0.2) is 31.1 Å². The highest BCUT2D eigenvalue weighted by Gasteiger charge is 2.18. The van der Waals surface area contributed by atoms with Crippen LogP contribution in [0.3, 0.4) is 0 Å². The van der Waals surface area contributed by atoms with Gasteiger partial charge in [-0.1, -0.05) is 15.9 Å². The van der Waals surface area contributed by atoms with Crippen molar-refractivity contribution in [2.75, 3.05) is 25.2 Å². The second-order valence-corrected chi connectivity index (χ2v) is 6.35. The number of rotatable bonds is 4. The fraction of sp³-hybridized carbons (Fsp3) is 0.462. The van der Waals surface area contributed by atoms with E-state index in [2.05, 4.69) is 21.2 Å². The zero-order chi connectivity index (χ0) is 13.0. The Balaban J connectivity index is 1.99. The molecular weight excluding hydrogens is 314 g/mol. The minimum Gasteiger partial charge on any atom is -0.496 e. The molecule has 1 aliphatic rings. The summed E-state index contributed by atoms with van der Waals surface area (Å²) in [5, 5.41) is 2.99. The van der Waals surface area contributed by atoms with E-state index in [0.717, 1.165) is 16.8 Å². The number of hydrogen-bond acceptors (Lipinski definition) is 3. The van der Waals surface area contributed by atoms with E-state index in [-0.39, 0.29) is 5.91 Å². The highest BCUT2D eigenvalue weighted by molar-refractivity contribution is 9.10. The van der Waals surface area contributed by atoms with Gasteiger partial charge in [-0.25, -0.2) is 0 Å². The molecule has 1 amide bonds. The summed E-state index contributed by atoms with van der Waals surface area (Å²) in [4.78, 5) is 12.1. The molecule has 98 valence electrons. The first-order valence-electron chi connectivity index (χ1n) is 5.90. The van der Waals surface area contributed by atoms with Gasteiger partial charge in [0.2, 0.25) is 0 Å². The number of amides is 1. The van der Waals surface area contributed by atoms with Crippen LogP contribution in [0.25, 0.3) is 0 Å². The van der Waals surface area contributed by atoms with E-state index in [1.807, 2.05) is 17.8 Å². The lowest BCUT2D eigenvalue weighted by Crippen LogP contribution is -2.29. The van der Waals surface area contributed by atoms with E-state index in [0.29, 0.717) is 17.2 Å². The van der Waals surface area contributed by atoms with Gasteiger partial charge in [0.05, 0.1) is 12.7 Å². The molecule has 2 rings (SSSR count). The maximum absolute atomic E-state index is 12.1. The lowest BCUT2D eigenvalue weighted by molar-refractivity contribution is 0.0945. The van der Waals surface area contributed by atoms with Crippen LogP contribution >= 0.6 is 27.7 Å². The summed E-state index contributed by atoms with van der Waals surface area (Å²) in [5.41, 5.74) is 0.589. The van der Waals surface area contributed by atoms with Gasteiger partial charge in [0, 0.05) is 11.0 Å². The molecule has 1 heterocycles. The molecule has 0 bridgehead atoms. The van der Waals surface area contributed by atoms with E-state index in [1.54, 1.807) is 19.2 Å². The van der Waals surface area contributed by atoms with Gasteiger partial charge in [-0.15, -0.1) is 0 Å². The fourth-order valence-electron chi connectivity index (χ4n) is 1.93. The van der Waals surface area contributed by atoms with E-state index >= 15 is 0 Å². The molecule has 5 heteroatoms. The van der Waals surface area contributed by atoms with Crippen molar-refractivity contribution in [2.24, 2.45) is 5.92 Å². The molecule has 1 N–H and O–H groups in total. The monoisotopic (exact) mass is 329 g/mol. The Bertz CT molecular complexity index is 433. The van der Waals surface area contributed by atoms with E-state index < -0.39 is 0 Å². The Hall–Kier alpha value is -0.680. The van der Waals surface area contributed by atoms with Crippen molar-refractivity contribution in [1.82, 2.24) is 5.32 Å². The Morgan fingerprint density at radius 3 is 3.11 bits per heavy atom. The van der Waals surface area contributed by atoms with Gasteiger partial charge in [-0.05, 0) is 42.0 Å². The highest BCUT2D eigenvalue weighted by Crippen LogP contribution is 2.25.